The lowest BCUT2D eigenvalue weighted by molar-refractivity contribution is -0.145. The quantitative estimate of drug-likeness (QED) is 0.497. The van der Waals surface area contributed by atoms with Gasteiger partial charge in [0.25, 0.3) is 5.91 Å². The van der Waals surface area contributed by atoms with Crippen molar-refractivity contribution in [1.82, 2.24) is 5.43 Å². The maximum Gasteiger partial charge on any atom is 0.314 e. The molecule has 0 heterocycles. The molecule has 5 heteroatoms. The van der Waals surface area contributed by atoms with E-state index in [1.54, 1.807) is 26.0 Å². The first kappa shape index (κ1) is 16.9. The van der Waals surface area contributed by atoms with E-state index in [-0.39, 0.29) is 11.9 Å². The Labute approximate surface area is 125 Å². The Balaban J connectivity index is 2.74. The third-order valence-electron chi connectivity index (χ3n) is 3.10. The fraction of sp³-hybridized carbons (Fsp3) is 0.438. The molecule has 0 aliphatic carbocycles. The van der Waals surface area contributed by atoms with Crippen LogP contribution in [0.15, 0.2) is 29.4 Å². The van der Waals surface area contributed by atoms with Crippen molar-refractivity contribution in [3.63, 3.8) is 0 Å². The standard InChI is InChI=1S/C16H22N2O3/c1-5-14(16(20)21-6-2)12(4)17-18-15(19)13-9-7-8-11(3)10-13/h7-10,14H,5-6H2,1-4H3,(H,18,19)/b17-12-/t14-/m1/s1. The highest BCUT2D eigenvalue weighted by Crippen LogP contribution is 2.08. The summed E-state index contributed by atoms with van der Waals surface area (Å²) < 4.78 is 4.99. The number of rotatable bonds is 6. The van der Waals surface area contributed by atoms with E-state index >= 15 is 0 Å². The number of ether oxygens (including phenoxy) is 1. The van der Waals surface area contributed by atoms with Gasteiger partial charge in [-0.2, -0.15) is 5.10 Å². The number of esters is 1. The zero-order chi connectivity index (χ0) is 15.8. The number of benzene rings is 1. The van der Waals surface area contributed by atoms with Crippen molar-refractivity contribution < 1.29 is 14.3 Å². The van der Waals surface area contributed by atoms with E-state index in [1.165, 1.54) is 0 Å². The average molecular weight is 290 g/mol. The van der Waals surface area contributed by atoms with Crippen LogP contribution >= 0.6 is 0 Å². The number of aryl methyl sites for hydroxylation is 1. The molecule has 0 unspecified atom stereocenters. The lowest BCUT2D eigenvalue weighted by Gasteiger charge is -2.13. The molecule has 0 saturated heterocycles. The molecule has 0 aliphatic heterocycles. The Kier molecular flexibility index (Phi) is 6.59. The van der Waals surface area contributed by atoms with Crippen LogP contribution in [0.5, 0.6) is 0 Å². The highest BCUT2D eigenvalue weighted by molar-refractivity contribution is 6.02. The van der Waals surface area contributed by atoms with Crippen molar-refractivity contribution in [2.45, 2.75) is 34.1 Å². The average Bonchev–Trinajstić information content (AvgIpc) is 2.45. The summed E-state index contributed by atoms with van der Waals surface area (Å²) in [7, 11) is 0. The molecule has 0 spiro atoms. The number of hydrogen-bond donors (Lipinski definition) is 1. The van der Waals surface area contributed by atoms with E-state index in [0.29, 0.717) is 24.3 Å². The predicted octanol–water partition coefficient (Wildman–Crippen LogP) is 2.69. The Bertz CT molecular complexity index is 538. The summed E-state index contributed by atoms with van der Waals surface area (Å²) in [5.74, 6) is -1.04. The number of carbonyl (C=O) groups excluding carboxylic acids is 2. The highest BCUT2D eigenvalue weighted by atomic mass is 16.5. The second kappa shape index (κ2) is 8.19. The van der Waals surface area contributed by atoms with Crippen LogP contribution in [0.1, 0.15) is 43.1 Å². The molecule has 114 valence electrons. The van der Waals surface area contributed by atoms with E-state index < -0.39 is 5.92 Å². The summed E-state index contributed by atoms with van der Waals surface area (Å²) in [5.41, 5.74) is 4.56. The Hall–Kier alpha value is -2.17. The van der Waals surface area contributed by atoms with Crippen molar-refractivity contribution in [3.05, 3.63) is 35.4 Å². The second-order valence-corrected chi connectivity index (χ2v) is 4.78. The predicted molar refractivity (Wildman–Crippen MR) is 82.2 cm³/mol. The van der Waals surface area contributed by atoms with E-state index in [9.17, 15) is 9.59 Å². The molecule has 0 radical (unpaired) electrons. The molecule has 1 aromatic carbocycles. The van der Waals surface area contributed by atoms with Gasteiger partial charge in [0.2, 0.25) is 0 Å². The summed E-state index contributed by atoms with van der Waals surface area (Å²) in [5, 5.41) is 4.02. The summed E-state index contributed by atoms with van der Waals surface area (Å²) in [6.07, 6.45) is 0.578. The van der Waals surface area contributed by atoms with Gasteiger partial charge in [-0.25, -0.2) is 5.43 Å². The third-order valence-corrected chi connectivity index (χ3v) is 3.10. The van der Waals surface area contributed by atoms with Crippen molar-refractivity contribution in [1.29, 1.82) is 0 Å². The number of nitrogens with zero attached hydrogens (tertiary/aromatic N) is 1. The van der Waals surface area contributed by atoms with Crippen molar-refractivity contribution in [3.8, 4) is 0 Å². The van der Waals surface area contributed by atoms with Gasteiger partial charge in [-0.15, -0.1) is 0 Å². The molecule has 1 aromatic rings. The smallest absolute Gasteiger partial charge is 0.314 e. The van der Waals surface area contributed by atoms with Crippen LogP contribution in [0, 0.1) is 12.8 Å². The summed E-state index contributed by atoms with van der Waals surface area (Å²) in [6, 6.07) is 7.23. The summed E-state index contributed by atoms with van der Waals surface area (Å²) in [6.45, 7) is 7.60. The third kappa shape index (κ3) is 5.02. The molecular weight excluding hydrogens is 268 g/mol. The number of amides is 1. The van der Waals surface area contributed by atoms with Gasteiger partial charge in [-0.1, -0.05) is 24.6 Å². The number of carbonyl (C=O) groups is 2. The van der Waals surface area contributed by atoms with Crippen LogP contribution in [-0.2, 0) is 9.53 Å². The zero-order valence-electron chi connectivity index (χ0n) is 13.0. The van der Waals surface area contributed by atoms with Gasteiger partial charge < -0.3 is 4.74 Å². The minimum Gasteiger partial charge on any atom is -0.465 e. The van der Waals surface area contributed by atoms with Gasteiger partial charge in [0, 0.05) is 11.3 Å². The molecule has 1 N–H and O–H groups in total. The lowest BCUT2D eigenvalue weighted by Crippen LogP contribution is -2.27. The molecule has 1 amide bonds. The van der Waals surface area contributed by atoms with Crippen LogP contribution < -0.4 is 5.43 Å². The van der Waals surface area contributed by atoms with E-state index in [2.05, 4.69) is 10.5 Å². The fourth-order valence-electron chi connectivity index (χ4n) is 1.94. The highest BCUT2D eigenvalue weighted by Gasteiger charge is 2.21. The molecule has 0 saturated carbocycles. The summed E-state index contributed by atoms with van der Waals surface area (Å²) in [4.78, 5) is 23.7. The fourth-order valence-corrected chi connectivity index (χ4v) is 1.94. The van der Waals surface area contributed by atoms with Gasteiger partial charge in [0.05, 0.1) is 12.5 Å². The maximum absolute atomic E-state index is 12.0. The molecule has 21 heavy (non-hydrogen) atoms. The van der Waals surface area contributed by atoms with Crippen molar-refractivity contribution in [2.75, 3.05) is 6.61 Å². The lowest BCUT2D eigenvalue weighted by atomic mass is 10.0. The molecule has 1 rings (SSSR count). The molecule has 1 atom stereocenters. The minimum atomic E-state index is -0.428. The molecule has 0 fully saturated rings. The largest absolute Gasteiger partial charge is 0.465 e. The molecule has 0 aromatic heterocycles. The monoisotopic (exact) mass is 290 g/mol. The summed E-state index contributed by atoms with van der Waals surface area (Å²) >= 11 is 0. The van der Waals surface area contributed by atoms with Gasteiger partial charge in [-0.3, -0.25) is 9.59 Å². The van der Waals surface area contributed by atoms with Gasteiger partial charge in [0.1, 0.15) is 0 Å². The van der Waals surface area contributed by atoms with Crippen LogP contribution in [0.2, 0.25) is 0 Å². The van der Waals surface area contributed by atoms with Crippen LogP contribution in [0.3, 0.4) is 0 Å². The van der Waals surface area contributed by atoms with E-state index in [1.807, 2.05) is 26.0 Å². The Morgan fingerprint density at radius 3 is 2.62 bits per heavy atom. The van der Waals surface area contributed by atoms with Crippen LogP contribution in [-0.4, -0.2) is 24.2 Å². The normalized spacial score (nSPS) is 12.7. The van der Waals surface area contributed by atoms with Crippen molar-refractivity contribution >= 4 is 17.6 Å². The van der Waals surface area contributed by atoms with Crippen LogP contribution in [0.4, 0.5) is 0 Å². The van der Waals surface area contributed by atoms with E-state index in [4.69, 9.17) is 4.74 Å². The topological polar surface area (TPSA) is 67.8 Å². The minimum absolute atomic E-state index is 0.295. The number of hydrogen-bond acceptors (Lipinski definition) is 4. The van der Waals surface area contributed by atoms with Gasteiger partial charge in [-0.05, 0) is 39.3 Å². The number of nitrogens with one attached hydrogen (secondary N) is 1. The number of hydrazone groups is 1. The Morgan fingerprint density at radius 1 is 1.33 bits per heavy atom. The Morgan fingerprint density at radius 2 is 2.05 bits per heavy atom. The zero-order valence-corrected chi connectivity index (χ0v) is 13.0. The SMILES string of the molecule is CCOC(=O)[C@H](CC)/C(C)=N\NC(=O)c1cccc(C)c1. The first-order valence-corrected chi connectivity index (χ1v) is 7.07. The second-order valence-electron chi connectivity index (χ2n) is 4.78. The molecule has 0 aliphatic rings. The van der Waals surface area contributed by atoms with Gasteiger partial charge >= 0.3 is 5.97 Å². The van der Waals surface area contributed by atoms with Gasteiger partial charge in [0.15, 0.2) is 0 Å². The first-order chi connectivity index (χ1) is 9.99. The first-order valence-electron chi connectivity index (χ1n) is 7.07. The van der Waals surface area contributed by atoms with Crippen molar-refractivity contribution in [2.24, 2.45) is 11.0 Å². The molecule has 0 bridgehead atoms. The van der Waals surface area contributed by atoms with E-state index in [0.717, 1.165) is 5.56 Å². The van der Waals surface area contributed by atoms with Crippen LogP contribution in [0.25, 0.3) is 0 Å². The molecule has 5 nitrogen and oxygen atoms in total. The maximum atomic E-state index is 12.0. The molecular formula is C16H22N2O3.